The normalized spacial score (nSPS) is 25.1. The molecule has 0 heterocycles. The monoisotopic (exact) mass is 743 g/mol. The Bertz CT molecular complexity index is 1420. The van der Waals surface area contributed by atoms with Crippen molar-refractivity contribution in [2.24, 2.45) is 50.2 Å². The number of hydrogen-bond donors (Lipinski definition) is 1. The van der Waals surface area contributed by atoms with Gasteiger partial charge in [0.1, 0.15) is 11.5 Å². The maximum atomic E-state index is 9.98. The minimum Gasteiger partial charge on any atom is -0.508 e. The highest BCUT2D eigenvalue weighted by molar-refractivity contribution is 5.32. The van der Waals surface area contributed by atoms with Crippen molar-refractivity contribution >= 4 is 0 Å². The Morgan fingerprint density at radius 3 is 1.59 bits per heavy atom. The highest BCUT2D eigenvalue weighted by Gasteiger charge is 2.52. The zero-order valence-corrected chi connectivity index (χ0v) is 37.2. The summed E-state index contributed by atoms with van der Waals surface area (Å²) in [6, 6.07) is 17.2. The fourth-order valence-electron chi connectivity index (χ4n) is 11.8. The molecule has 3 heteroatoms. The van der Waals surface area contributed by atoms with Crippen LogP contribution < -0.4 is 4.74 Å². The van der Waals surface area contributed by atoms with E-state index in [2.05, 4.69) is 126 Å². The van der Waals surface area contributed by atoms with Gasteiger partial charge in [-0.2, -0.15) is 0 Å². The molecule has 2 aromatic rings. The second-order valence-electron chi connectivity index (χ2n) is 22.9. The highest BCUT2D eigenvalue weighted by atomic mass is 16.7. The molecule has 4 fully saturated rings. The number of phenolic OH excluding ortho intramolecular Hbond substituents is 1. The summed E-state index contributed by atoms with van der Waals surface area (Å²) >= 11 is 0. The molecular formula is C51H82O3. The third-order valence-corrected chi connectivity index (χ3v) is 15.1. The van der Waals surface area contributed by atoms with Crippen molar-refractivity contribution in [2.75, 3.05) is 6.61 Å². The van der Waals surface area contributed by atoms with Gasteiger partial charge in [0.15, 0.2) is 0 Å². The van der Waals surface area contributed by atoms with Gasteiger partial charge in [0, 0.05) is 5.41 Å². The molecule has 1 N–H and O–H groups in total. The maximum absolute atomic E-state index is 9.98. The standard InChI is InChI=1S/C51H82O3/c1-14-51(15-2,16-3)45(53-35-50-30-36-27-37(31-50)29-38(28-36)32-50)54-42-23-19-40(20-24-42)44(33-46(4,5)6)49(12,13)26-25-48(10,11)34-43(47(7,8)9)39-17-21-41(52)22-18-39/h17-24,36-38,43-45,52H,14-16,25-35H2,1-13H3. The summed E-state index contributed by atoms with van der Waals surface area (Å²) in [4.78, 5) is 0. The molecule has 0 spiro atoms. The van der Waals surface area contributed by atoms with Crippen LogP contribution in [0.25, 0.3) is 0 Å². The van der Waals surface area contributed by atoms with Crippen molar-refractivity contribution in [3.8, 4) is 11.5 Å². The first-order valence-corrected chi connectivity index (χ1v) is 22.3. The molecule has 6 rings (SSSR count). The van der Waals surface area contributed by atoms with Crippen LogP contribution in [-0.4, -0.2) is 18.0 Å². The third kappa shape index (κ3) is 10.5. The summed E-state index contributed by atoms with van der Waals surface area (Å²) in [7, 11) is 0. The van der Waals surface area contributed by atoms with E-state index >= 15 is 0 Å². The van der Waals surface area contributed by atoms with Gasteiger partial charge < -0.3 is 14.6 Å². The Balaban J connectivity index is 1.31. The average Bonchev–Trinajstić information content (AvgIpc) is 3.08. The molecular weight excluding hydrogens is 661 g/mol. The molecule has 4 bridgehead atoms. The fraction of sp³-hybridized carbons (Fsp3) is 0.765. The van der Waals surface area contributed by atoms with Gasteiger partial charge in [-0.15, -0.1) is 0 Å². The molecule has 4 aliphatic carbocycles. The summed E-state index contributed by atoms with van der Waals surface area (Å²) in [6.07, 6.45) is 16.1. The van der Waals surface area contributed by atoms with Crippen LogP contribution >= 0.6 is 0 Å². The van der Waals surface area contributed by atoms with Crippen LogP contribution in [0.4, 0.5) is 0 Å². The van der Waals surface area contributed by atoms with Gasteiger partial charge in [-0.25, -0.2) is 0 Å². The van der Waals surface area contributed by atoms with E-state index in [1.165, 1.54) is 56.1 Å². The van der Waals surface area contributed by atoms with E-state index in [1.54, 1.807) is 0 Å². The number of ether oxygens (including phenoxy) is 2. The van der Waals surface area contributed by atoms with Crippen molar-refractivity contribution in [1.29, 1.82) is 0 Å². The lowest BCUT2D eigenvalue weighted by molar-refractivity contribution is -0.200. The van der Waals surface area contributed by atoms with Crippen LogP contribution in [-0.2, 0) is 4.74 Å². The van der Waals surface area contributed by atoms with E-state index < -0.39 is 0 Å². The van der Waals surface area contributed by atoms with E-state index in [0.29, 0.717) is 23.0 Å². The molecule has 2 aromatic carbocycles. The lowest BCUT2D eigenvalue weighted by Gasteiger charge is -2.57. The van der Waals surface area contributed by atoms with Crippen molar-refractivity contribution in [3.05, 3.63) is 59.7 Å². The SMILES string of the molecule is CCC(CC)(CC)C(OCC12CC3CC(CC(C3)C1)C2)Oc1ccc(C(CC(C)(C)C)C(C)(C)CCC(C)(C)CC(c2ccc(O)cc2)C(C)(C)C)cc1. The minimum atomic E-state index is -0.223. The average molecular weight is 743 g/mol. The molecule has 3 unspecified atom stereocenters. The van der Waals surface area contributed by atoms with Crippen molar-refractivity contribution in [2.45, 2.75) is 192 Å². The predicted octanol–water partition coefficient (Wildman–Crippen LogP) is 15.1. The molecule has 0 aromatic heterocycles. The van der Waals surface area contributed by atoms with E-state index in [9.17, 15) is 5.11 Å². The molecule has 0 amide bonds. The molecule has 54 heavy (non-hydrogen) atoms. The Labute approximate surface area is 333 Å². The summed E-state index contributed by atoms with van der Waals surface area (Å²) < 4.78 is 14.1. The van der Waals surface area contributed by atoms with E-state index in [-0.39, 0.29) is 33.4 Å². The second kappa shape index (κ2) is 16.5. The molecule has 3 atom stereocenters. The smallest absolute Gasteiger partial charge is 0.205 e. The molecule has 4 aliphatic rings. The number of benzene rings is 2. The van der Waals surface area contributed by atoms with E-state index in [0.717, 1.165) is 68.6 Å². The molecule has 0 saturated heterocycles. The van der Waals surface area contributed by atoms with Crippen LogP contribution in [0.5, 0.6) is 11.5 Å². The predicted molar refractivity (Wildman–Crippen MR) is 229 cm³/mol. The quantitative estimate of drug-likeness (QED) is 0.155. The van der Waals surface area contributed by atoms with Gasteiger partial charge >= 0.3 is 0 Å². The van der Waals surface area contributed by atoms with Crippen molar-refractivity contribution < 1.29 is 14.6 Å². The van der Waals surface area contributed by atoms with Gasteiger partial charge in [0.2, 0.25) is 6.29 Å². The Morgan fingerprint density at radius 2 is 1.13 bits per heavy atom. The van der Waals surface area contributed by atoms with Crippen LogP contribution in [0.1, 0.15) is 196 Å². The first-order valence-electron chi connectivity index (χ1n) is 22.3. The third-order valence-electron chi connectivity index (χ3n) is 15.1. The first-order chi connectivity index (χ1) is 25.1. The van der Waals surface area contributed by atoms with Gasteiger partial charge in [-0.05, 0) is 176 Å². The number of hydrogen-bond acceptors (Lipinski definition) is 3. The van der Waals surface area contributed by atoms with Gasteiger partial charge in [-0.1, -0.05) is 114 Å². The Kier molecular flexibility index (Phi) is 13.1. The van der Waals surface area contributed by atoms with Gasteiger partial charge in [0.05, 0.1) is 6.61 Å². The zero-order chi connectivity index (χ0) is 39.7. The van der Waals surface area contributed by atoms with Crippen LogP contribution in [0, 0.1) is 50.2 Å². The summed E-state index contributed by atoms with van der Waals surface area (Å²) in [6.45, 7) is 32.1. The second-order valence-corrected chi connectivity index (χ2v) is 22.9. The molecule has 0 aliphatic heterocycles. The van der Waals surface area contributed by atoms with Crippen LogP contribution in [0.3, 0.4) is 0 Å². The van der Waals surface area contributed by atoms with Gasteiger partial charge in [-0.3, -0.25) is 0 Å². The topological polar surface area (TPSA) is 38.7 Å². The Hall–Kier alpha value is -2.00. The molecule has 3 nitrogen and oxygen atoms in total. The van der Waals surface area contributed by atoms with Gasteiger partial charge in [0.25, 0.3) is 0 Å². The van der Waals surface area contributed by atoms with Crippen molar-refractivity contribution in [1.82, 2.24) is 0 Å². The van der Waals surface area contributed by atoms with E-state index in [1.807, 2.05) is 12.1 Å². The largest absolute Gasteiger partial charge is 0.508 e. The Morgan fingerprint density at radius 1 is 0.648 bits per heavy atom. The zero-order valence-electron chi connectivity index (χ0n) is 37.2. The van der Waals surface area contributed by atoms with Crippen LogP contribution in [0.15, 0.2) is 48.5 Å². The summed E-state index contributed by atoms with van der Waals surface area (Å²) in [5.41, 5.74) is 3.78. The minimum absolute atomic E-state index is 0.0127. The molecule has 304 valence electrons. The first kappa shape index (κ1) is 43.1. The maximum Gasteiger partial charge on any atom is 0.205 e. The summed E-state index contributed by atoms with van der Waals surface area (Å²) in [5.74, 6) is 4.94. The molecule has 4 saturated carbocycles. The number of rotatable bonds is 18. The van der Waals surface area contributed by atoms with Crippen LogP contribution in [0.2, 0.25) is 0 Å². The number of aromatic hydroxyl groups is 1. The highest BCUT2D eigenvalue weighted by Crippen LogP contribution is 2.60. The van der Waals surface area contributed by atoms with Crippen molar-refractivity contribution in [3.63, 3.8) is 0 Å². The summed E-state index contributed by atoms with van der Waals surface area (Å²) in [5, 5.41) is 9.98. The number of phenols is 1. The molecule has 0 radical (unpaired) electrons. The lowest BCUT2D eigenvalue weighted by atomic mass is 9.50. The lowest BCUT2D eigenvalue weighted by Crippen LogP contribution is -2.50. The fourth-order valence-corrected chi connectivity index (χ4v) is 11.8. The van der Waals surface area contributed by atoms with E-state index in [4.69, 9.17) is 9.47 Å².